The largest absolute Gasteiger partial charge is 0.342 e. The molecular weight excluding hydrogens is 294 g/mol. The van der Waals surface area contributed by atoms with Gasteiger partial charge in [-0.05, 0) is 38.0 Å². The Morgan fingerprint density at radius 1 is 1.22 bits per heavy atom. The van der Waals surface area contributed by atoms with Gasteiger partial charge in [0.25, 0.3) is 5.91 Å². The second kappa shape index (κ2) is 5.08. The van der Waals surface area contributed by atoms with Crippen LogP contribution in [-0.4, -0.2) is 41.4 Å². The van der Waals surface area contributed by atoms with Crippen molar-refractivity contribution in [1.82, 2.24) is 15.5 Å². The fourth-order valence-electron chi connectivity index (χ4n) is 4.01. The highest BCUT2D eigenvalue weighted by Gasteiger charge is 2.61. The Hall–Kier alpha value is -1.85. The quantitative estimate of drug-likeness (QED) is 0.597. The van der Waals surface area contributed by atoms with Crippen molar-refractivity contribution in [3.63, 3.8) is 0 Å². The van der Waals surface area contributed by atoms with E-state index in [2.05, 4.69) is 44.4 Å². The Morgan fingerprint density at radius 2 is 1.83 bits per heavy atom. The zero-order chi connectivity index (χ0) is 17.0. The number of likely N-dealkylation sites (tertiary alicyclic amines) is 1. The number of nitrogens with one attached hydrogen (secondary N) is 2. The van der Waals surface area contributed by atoms with Gasteiger partial charge in [0.15, 0.2) is 0 Å². The molecule has 0 unspecified atom stereocenters. The SMILES string of the molecule is CC(C)=C[C@@H]1[C@H](C(=O)N2CCC3(CC2)NC(=O)NC3=O)C1(C)C. The van der Waals surface area contributed by atoms with Gasteiger partial charge in [-0.2, -0.15) is 0 Å². The van der Waals surface area contributed by atoms with Gasteiger partial charge in [-0.3, -0.25) is 14.9 Å². The fourth-order valence-corrected chi connectivity index (χ4v) is 4.01. The number of nitrogens with zero attached hydrogens (tertiary/aromatic N) is 1. The van der Waals surface area contributed by atoms with Crippen molar-refractivity contribution in [3.05, 3.63) is 11.6 Å². The number of hydrogen-bond acceptors (Lipinski definition) is 3. The molecule has 0 radical (unpaired) electrons. The maximum absolute atomic E-state index is 12.8. The molecule has 2 heterocycles. The number of urea groups is 1. The molecule has 1 spiro atoms. The van der Waals surface area contributed by atoms with Crippen molar-refractivity contribution in [2.45, 2.75) is 46.1 Å². The van der Waals surface area contributed by atoms with Gasteiger partial charge in [-0.1, -0.05) is 25.5 Å². The van der Waals surface area contributed by atoms with Crippen molar-refractivity contribution >= 4 is 17.8 Å². The number of allylic oxidation sites excluding steroid dienone is 2. The molecule has 3 aliphatic rings. The van der Waals surface area contributed by atoms with E-state index in [1.54, 1.807) is 0 Å². The molecule has 3 fully saturated rings. The lowest BCUT2D eigenvalue weighted by molar-refractivity contribution is -0.137. The summed E-state index contributed by atoms with van der Waals surface area (Å²) in [6, 6.07) is -0.429. The molecule has 2 atom stereocenters. The molecule has 2 N–H and O–H groups in total. The monoisotopic (exact) mass is 319 g/mol. The number of amides is 4. The van der Waals surface area contributed by atoms with E-state index in [-0.39, 0.29) is 23.1 Å². The number of piperidine rings is 1. The van der Waals surface area contributed by atoms with E-state index in [4.69, 9.17) is 0 Å². The first-order valence-electron chi connectivity index (χ1n) is 8.25. The van der Waals surface area contributed by atoms with E-state index in [9.17, 15) is 14.4 Å². The van der Waals surface area contributed by atoms with Crippen LogP contribution in [0.5, 0.6) is 0 Å². The molecule has 1 aliphatic carbocycles. The summed E-state index contributed by atoms with van der Waals surface area (Å²) in [5.41, 5.74) is 0.426. The highest BCUT2D eigenvalue weighted by atomic mass is 16.2. The number of rotatable bonds is 2. The molecule has 126 valence electrons. The topological polar surface area (TPSA) is 78.5 Å². The van der Waals surface area contributed by atoms with Gasteiger partial charge in [0.05, 0.1) is 5.92 Å². The third-order valence-corrected chi connectivity index (χ3v) is 5.63. The van der Waals surface area contributed by atoms with Crippen LogP contribution in [0.2, 0.25) is 0 Å². The Balaban J connectivity index is 1.65. The van der Waals surface area contributed by atoms with Crippen LogP contribution in [0.1, 0.15) is 40.5 Å². The third-order valence-electron chi connectivity index (χ3n) is 5.63. The molecule has 0 bridgehead atoms. The van der Waals surface area contributed by atoms with Gasteiger partial charge >= 0.3 is 6.03 Å². The second-order valence-electron chi connectivity index (χ2n) is 7.88. The number of carbonyl (C=O) groups excluding carboxylic acids is 3. The highest BCUT2D eigenvalue weighted by molar-refractivity contribution is 6.07. The highest BCUT2D eigenvalue weighted by Crippen LogP contribution is 2.60. The maximum atomic E-state index is 12.8. The minimum atomic E-state index is -0.813. The first kappa shape index (κ1) is 16.0. The van der Waals surface area contributed by atoms with Crippen molar-refractivity contribution in [2.75, 3.05) is 13.1 Å². The van der Waals surface area contributed by atoms with Crippen LogP contribution >= 0.6 is 0 Å². The molecule has 0 aromatic rings. The first-order chi connectivity index (χ1) is 10.7. The molecule has 6 nitrogen and oxygen atoms in total. The van der Waals surface area contributed by atoms with Crippen LogP contribution < -0.4 is 10.6 Å². The Labute approximate surface area is 136 Å². The summed E-state index contributed by atoms with van der Waals surface area (Å²) in [7, 11) is 0. The van der Waals surface area contributed by atoms with E-state index >= 15 is 0 Å². The third kappa shape index (κ3) is 2.54. The van der Waals surface area contributed by atoms with Crippen molar-refractivity contribution in [2.24, 2.45) is 17.3 Å². The average molecular weight is 319 g/mol. The van der Waals surface area contributed by atoms with Crippen molar-refractivity contribution < 1.29 is 14.4 Å². The van der Waals surface area contributed by atoms with E-state index in [1.165, 1.54) is 5.57 Å². The number of imide groups is 1. The predicted octanol–water partition coefficient (Wildman–Crippen LogP) is 1.43. The summed E-state index contributed by atoms with van der Waals surface area (Å²) in [4.78, 5) is 38.0. The molecule has 2 aliphatic heterocycles. The molecule has 23 heavy (non-hydrogen) atoms. The van der Waals surface area contributed by atoms with Gasteiger partial charge in [0.2, 0.25) is 5.91 Å². The fraction of sp³-hybridized carbons (Fsp3) is 0.706. The Kier molecular flexibility index (Phi) is 3.54. The number of hydrogen-bond donors (Lipinski definition) is 2. The summed E-state index contributed by atoms with van der Waals surface area (Å²) < 4.78 is 0. The standard InChI is InChI=1S/C17H25N3O3/c1-10(2)9-11-12(16(11,3)4)13(21)20-7-5-17(6-8-20)14(22)18-15(23)19-17/h9,11-12H,5-8H2,1-4H3,(H2,18,19,22,23)/t11-,12-/m1/s1. The summed E-state index contributed by atoms with van der Waals surface area (Å²) in [5.74, 6) is 0.240. The molecule has 0 aromatic heterocycles. The van der Waals surface area contributed by atoms with Gasteiger partial charge in [0, 0.05) is 13.1 Å². The minimum Gasteiger partial charge on any atom is -0.342 e. The van der Waals surface area contributed by atoms with Crippen molar-refractivity contribution in [3.8, 4) is 0 Å². The van der Waals surface area contributed by atoms with Crippen LogP contribution in [0.4, 0.5) is 4.79 Å². The Bertz CT molecular complexity index is 596. The molecule has 1 saturated carbocycles. The molecule has 4 amide bonds. The minimum absolute atomic E-state index is 0.00242. The predicted molar refractivity (Wildman–Crippen MR) is 85.4 cm³/mol. The molecule has 2 saturated heterocycles. The lowest BCUT2D eigenvalue weighted by Crippen LogP contribution is -2.56. The number of carbonyl (C=O) groups is 3. The lowest BCUT2D eigenvalue weighted by atomic mass is 9.87. The van der Waals surface area contributed by atoms with E-state index in [0.29, 0.717) is 31.8 Å². The van der Waals surface area contributed by atoms with Gasteiger partial charge in [0.1, 0.15) is 5.54 Å². The van der Waals surface area contributed by atoms with E-state index in [0.717, 1.165) is 0 Å². The lowest BCUT2D eigenvalue weighted by Gasteiger charge is -2.37. The summed E-state index contributed by atoms with van der Waals surface area (Å²) in [6.07, 6.45) is 3.16. The normalized spacial score (nSPS) is 30.7. The smallest absolute Gasteiger partial charge is 0.322 e. The van der Waals surface area contributed by atoms with Crippen LogP contribution in [0, 0.1) is 17.3 Å². The van der Waals surface area contributed by atoms with Crippen LogP contribution in [0.15, 0.2) is 11.6 Å². The van der Waals surface area contributed by atoms with Crippen molar-refractivity contribution in [1.29, 1.82) is 0 Å². The maximum Gasteiger partial charge on any atom is 0.322 e. The van der Waals surface area contributed by atoms with Gasteiger partial charge in [-0.15, -0.1) is 0 Å². The molecule has 3 rings (SSSR count). The van der Waals surface area contributed by atoms with Crippen LogP contribution in [0.3, 0.4) is 0 Å². The van der Waals surface area contributed by atoms with Crippen LogP contribution in [0.25, 0.3) is 0 Å². The summed E-state index contributed by atoms with van der Waals surface area (Å²) in [5, 5.41) is 5.03. The Morgan fingerprint density at radius 3 is 2.30 bits per heavy atom. The molecule has 6 heteroatoms. The van der Waals surface area contributed by atoms with Gasteiger partial charge < -0.3 is 10.2 Å². The van der Waals surface area contributed by atoms with Crippen LogP contribution in [-0.2, 0) is 9.59 Å². The molecule has 0 aromatic carbocycles. The molecular formula is C17H25N3O3. The van der Waals surface area contributed by atoms with E-state index < -0.39 is 11.6 Å². The van der Waals surface area contributed by atoms with E-state index in [1.807, 2.05) is 4.90 Å². The summed E-state index contributed by atoms with van der Waals surface area (Å²) >= 11 is 0. The zero-order valence-corrected chi connectivity index (χ0v) is 14.2. The van der Waals surface area contributed by atoms with Gasteiger partial charge in [-0.25, -0.2) is 4.79 Å². The first-order valence-corrected chi connectivity index (χ1v) is 8.25. The summed E-state index contributed by atoms with van der Waals surface area (Å²) in [6.45, 7) is 9.41. The average Bonchev–Trinajstić information content (AvgIpc) is 2.85. The zero-order valence-electron chi connectivity index (χ0n) is 14.2. The second-order valence-corrected chi connectivity index (χ2v) is 7.88.